The van der Waals surface area contributed by atoms with Crippen molar-refractivity contribution in [2.45, 2.75) is 13.8 Å². The van der Waals surface area contributed by atoms with Crippen LogP contribution in [0.4, 0.5) is 8.78 Å². The number of ketones is 1. The highest BCUT2D eigenvalue weighted by atomic mass is 35.5. The van der Waals surface area contributed by atoms with Crippen LogP contribution in [0.2, 0.25) is 5.02 Å². The highest BCUT2D eigenvalue weighted by Gasteiger charge is 2.21. The molecule has 0 saturated heterocycles. The van der Waals surface area contributed by atoms with E-state index in [1.807, 2.05) is 0 Å². The Hall–Kier alpha value is -1.74. The van der Waals surface area contributed by atoms with E-state index in [0.717, 1.165) is 0 Å². The normalized spacial score (nSPS) is 10.6. The van der Waals surface area contributed by atoms with Gasteiger partial charge in [-0.15, -0.1) is 0 Å². The van der Waals surface area contributed by atoms with Crippen molar-refractivity contribution in [3.8, 4) is 0 Å². The zero-order chi connectivity index (χ0) is 14.2. The van der Waals surface area contributed by atoms with Gasteiger partial charge in [-0.05, 0) is 49.2 Å². The van der Waals surface area contributed by atoms with Gasteiger partial charge in [-0.3, -0.25) is 4.79 Å². The monoisotopic (exact) mass is 280 g/mol. The first kappa shape index (κ1) is 13.7. The van der Waals surface area contributed by atoms with Crippen LogP contribution in [0.3, 0.4) is 0 Å². The van der Waals surface area contributed by atoms with E-state index in [-0.39, 0.29) is 16.1 Å². The van der Waals surface area contributed by atoms with Gasteiger partial charge in [0.15, 0.2) is 5.78 Å². The Morgan fingerprint density at radius 1 is 1.05 bits per heavy atom. The Morgan fingerprint density at radius 3 is 2.16 bits per heavy atom. The molecule has 2 rings (SSSR count). The summed E-state index contributed by atoms with van der Waals surface area (Å²) in [7, 11) is 0. The molecule has 0 N–H and O–H groups in total. The summed E-state index contributed by atoms with van der Waals surface area (Å²) in [5.74, 6) is -1.63. The number of benzene rings is 2. The summed E-state index contributed by atoms with van der Waals surface area (Å²) >= 11 is 5.88. The third kappa shape index (κ3) is 2.51. The first-order chi connectivity index (χ1) is 8.91. The molecule has 0 aliphatic rings. The number of hydrogen-bond donors (Lipinski definition) is 0. The van der Waals surface area contributed by atoms with E-state index in [2.05, 4.69) is 0 Å². The quantitative estimate of drug-likeness (QED) is 0.742. The number of aryl methyl sites for hydroxylation is 2. The smallest absolute Gasteiger partial charge is 0.198 e. The lowest BCUT2D eigenvalue weighted by atomic mass is 9.94. The highest BCUT2D eigenvalue weighted by Crippen LogP contribution is 2.26. The molecule has 0 saturated carbocycles. The Morgan fingerprint density at radius 2 is 1.63 bits per heavy atom. The van der Waals surface area contributed by atoms with Gasteiger partial charge in [0.25, 0.3) is 0 Å². The Bertz CT molecular complexity index is 622. The third-order valence-electron chi connectivity index (χ3n) is 2.91. The van der Waals surface area contributed by atoms with Gasteiger partial charge in [0.05, 0.1) is 10.6 Å². The van der Waals surface area contributed by atoms with Gasteiger partial charge in [-0.25, -0.2) is 8.78 Å². The van der Waals surface area contributed by atoms with Crippen LogP contribution in [0.5, 0.6) is 0 Å². The molecule has 98 valence electrons. The predicted octanol–water partition coefficient (Wildman–Crippen LogP) is 4.47. The zero-order valence-corrected chi connectivity index (χ0v) is 11.2. The predicted molar refractivity (Wildman–Crippen MR) is 70.7 cm³/mol. The SMILES string of the molecule is Cc1cc(F)cc(C)c1C(=O)c1c(F)cccc1Cl. The fourth-order valence-electron chi connectivity index (χ4n) is 2.11. The molecule has 0 radical (unpaired) electrons. The van der Waals surface area contributed by atoms with Gasteiger partial charge in [-0.1, -0.05) is 17.7 Å². The first-order valence-electron chi connectivity index (χ1n) is 5.67. The molecule has 0 aliphatic heterocycles. The van der Waals surface area contributed by atoms with Gasteiger partial charge in [0, 0.05) is 5.56 Å². The van der Waals surface area contributed by atoms with E-state index in [4.69, 9.17) is 11.6 Å². The lowest BCUT2D eigenvalue weighted by Gasteiger charge is -2.11. The van der Waals surface area contributed by atoms with Crippen LogP contribution in [0.1, 0.15) is 27.0 Å². The second-order valence-corrected chi connectivity index (χ2v) is 4.75. The fraction of sp³-hybridized carbons (Fsp3) is 0.133. The van der Waals surface area contributed by atoms with Crippen molar-refractivity contribution < 1.29 is 13.6 Å². The summed E-state index contributed by atoms with van der Waals surface area (Å²) in [6, 6.07) is 6.54. The molecule has 4 heteroatoms. The maximum atomic E-state index is 13.7. The van der Waals surface area contributed by atoms with Crippen LogP contribution >= 0.6 is 11.6 Å². The second kappa shape index (κ2) is 5.10. The molecule has 0 fully saturated rings. The van der Waals surface area contributed by atoms with E-state index >= 15 is 0 Å². The second-order valence-electron chi connectivity index (χ2n) is 4.34. The molecule has 0 bridgehead atoms. The van der Waals surface area contributed by atoms with E-state index in [1.54, 1.807) is 13.8 Å². The summed E-state index contributed by atoms with van der Waals surface area (Å²) in [6.45, 7) is 3.22. The molecule has 2 aromatic rings. The van der Waals surface area contributed by atoms with Crippen molar-refractivity contribution in [3.05, 3.63) is 69.2 Å². The van der Waals surface area contributed by atoms with E-state index in [9.17, 15) is 13.6 Å². The molecule has 0 heterocycles. The van der Waals surface area contributed by atoms with Crippen LogP contribution in [0, 0.1) is 25.5 Å². The number of rotatable bonds is 2. The zero-order valence-electron chi connectivity index (χ0n) is 10.4. The van der Waals surface area contributed by atoms with Gasteiger partial charge in [-0.2, -0.15) is 0 Å². The average Bonchev–Trinajstić information content (AvgIpc) is 2.26. The van der Waals surface area contributed by atoms with Gasteiger partial charge in [0.2, 0.25) is 0 Å². The van der Waals surface area contributed by atoms with Crippen LogP contribution in [0.15, 0.2) is 30.3 Å². The number of carbonyl (C=O) groups excluding carboxylic acids is 1. The van der Waals surface area contributed by atoms with Gasteiger partial charge < -0.3 is 0 Å². The molecule has 0 atom stereocenters. The van der Waals surface area contributed by atoms with Crippen molar-refractivity contribution in [2.75, 3.05) is 0 Å². The minimum absolute atomic E-state index is 0.0492. The molecular formula is C15H11ClF2O. The molecule has 19 heavy (non-hydrogen) atoms. The van der Waals surface area contributed by atoms with Crippen molar-refractivity contribution in [2.24, 2.45) is 0 Å². The number of hydrogen-bond acceptors (Lipinski definition) is 1. The van der Waals surface area contributed by atoms with Crippen molar-refractivity contribution in [1.82, 2.24) is 0 Å². The summed E-state index contributed by atoms with van der Waals surface area (Å²) in [5, 5.41) is 0.0492. The third-order valence-corrected chi connectivity index (χ3v) is 3.23. The van der Waals surface area contributed by atoms with E-state index in [1.165, 1.54) is 30.3 Å². The molecule has 0 aliphatic carbocycles. The van der Waals surface area contributed by atoms with Gasteiger partial charge >= 0.3 is 0 Å². The summed E-state index contributed by atoms with van der Waals surface area (Å²) in [5.41, 5.74) is 1.03. The molecule has 2 aromatic carbocycles. The molecule has 0 aromatic heterocycles. The van der Waals surface area contributed by atoms with Crippen LogP contribution < -0.4 is 0 Å². The number of halogens is 3. The van der Waals surface area contributed by atoms with E-state index < -0.39 is 17.4 Å². The van der Waals surface area contributed by atoms with E-state index in [0.29, 0.717) is 11.1 Å². The summed E-state index contributed by atoms with van der Waals surface area (Å²) in [4.78, 5) is 12.4. The standard InChI is InChI=1S/C15H11ClF2O/c1-8-6-10(17)7-9(2)13(8)15(19)14-11(16)4-3-5-12(14)18/h3-7H,1-2H3. The highest BCUT2D eigenvalue weighted by molar-refractivity contribution is 6.35. The minimum Gasteiger partial charge on any atom is -0.288 e. The summed E-state index contributed by atoms with van der Waals surface area (Å²) in [6.07, 6.45) is 0. The Labute approximate surface area is 114 Å². The van der Waals surface area contributed by atoms with Crippen LogP contribution in [-0.4, -0.2) is 5.78 Å². The first-order valence-corrected chi connectivity index (χ1v) is 6.05. The van der Waals surface area contributed by atoms with Gasteiger partial charge in [0.1, 0.15) is 11.6 Å². The Balaban J connectivity index is 2.64. The molecule has 1 nitrogen and oxygen atoms in total. The topological polar surface area (TPSA) is 17.1 Å². The molecule has 0 amide bonds. The van der Waals surface area contributed by atoms with Crippen molar-refractivity contribution in [3.63, 3.8) is 0 Å². The largest absolute Gasteiger partial charge is 0.288 e. The van der Waals surface area contributed by atoms with Crippen LogP contribution in [-0.2, 0) is 0 Å². The minimum atomic E-state index is -0.680. The van der Waals surface area contributed by atoms with Crippen molar-refractivity contribution >= 4 is 17.4 Å². The fourth-order valence-corrected chi connectivity index (χ4v) is 2.36. The van der Waals surface area contributed by atoms with Crippen molar-refractivity contribution in [1.29, 1.82) is 0 Å². The molecule has 0 spiro atoms. The van der Waals surface area contributed by atoms with Crippen LogP contribution in [0.25, 0.3) is 0 Å². The lowest BCUT2D eigenvalue weighted by molar-refractivity contribution is 0.103. The molecule has 0 unspecified atom stereocenters. The maximum Gasteiger partial charge on any atom is 0.198 e. The maximum absolute atomic E-state index is 13.7. The average molecular weight is 281 g/mol. The lowest BCUT2D eigenvalue weighted by Crippen LogP contribution is -2.09. The molecular weight excluding hydrogens is 270 g/mol. The Kier molecular flexibility index (Phi) is 3.67. The summed E-state index contributed by atoms with van der Waals surface area (Å²) < 4.78 is 27.0. The number of carbonyl (C=O) groups is 1.